The molecule has 1 aromatic carbocycles. The van der Waals surface area contributed by atoms with Crippen molar-refractivity contribution in [3.8, 4) is 17.0 Å². The van der Waals surface area contributed by atoms with Crippen LogP contribution in [0.25, 0.3) is 11.3 Å². The van der Waals surface area contributed by atoms with Crippen LogP contribution in [0, 0.1) is 0 Å². The molecule has 1 aromatic heterocycles. The fraction of sp³-hybridized carbons (Fsp3) is 0.308. The van der Waals surface area contributed by atoms with Gasteiger partial charge in [-0.25, -0.2) is 0 Å². The van der Waals surface area contributed by atoms with E-state index in [0.717, 1.165) is 23.4 Å². The first-order valence-electron chi connectivity index (χ1n) is 5.61. The lowest BCUT2D eigenvalue weighted by Gasteiger charge is -2.04. The molecule has 0 aliphatic heterocycles. The molecular formula is C13H17N3O. The van der Waals surface area contributed by atoms with Crippen LogP contribution in [0.2, 0.25) is 0 Å². The summed E-state index contributed by atoms with van der Waals surface area (Å²) in [6, 6.07) is 7.91. The zero-order valence-corrected chi connectivity index (χ0v) is 10.2. The van der Waals surface area contributed by atoms with Crippen LogP contribution in [-0.2, 0) is 13.5 Å². The molecule has 0 amide bonds. The van der Waals surface area contributed by atoms with Crippen molar-refractivity contribution in [3.05, 3.63) is 36.0 Å². The molecule has 0 spiro atoms. The number of hydrogen-bond acceptors (Lipinski definition) is 3. The Kier molecular flexibility index (Phi) is 3.44. The third kappa shape index (κ3) is 2.47. The van der Waals surface area contributed by atoms with Gasteiger partial charge >= 0.3 is 0 Å². The maximum atomic E-state index is 5.61. The first kappa shape index (κ1) is 11.7. The van der Waals surface area contributed by atoms with Crippen molar-refractivity contribution in [3.63, 3.8) is 0 Å². The summed E-state index contributed by atoms with van der Waals surface area (Å²) < 4.78 is 7.04. The molecule has 2 aromatic rings. The van der Waals surface area contributed by atoms with Gasteiger partial charge in [-0.2, -0.15) is 5.10 Å². The van der Waals surface area contributed by atoms with Crippen LogP contribution in [0.15, 0.2) is 30.5 Å². The molecule has 90 valence electrons. The van der Waals surface area contributed by atoms with E-state index < -0.39 is 0 Å². The molecule has 0 bridgehead atoms. The first-order valence-corrected chi connectivity index (χ1v) is 5.61. The number of aryl methyl sites for hydroxylation is 1. The highest BCUT2D eigenvalue weighted by Crippen LogP contribution is 2.25. The van der Waals surface area contributed by atoms with E-state index in [1.165, 1.54) is 5.56 Å². The maximum absolute atomic E-state index is 5.61. The Morgan fingerprint density at radius 2 is 2.24 bits per heavy atom. The van der Waals surface area contributed by atoms with Gasteiger partial charge in [-0.05, 0) is 30.7 Å². The number of hydrogen-bond donors (Lipinski definition) is 1. The van der Waals surface area contributed by atoms with Gasteiger partial charge < -0.3 is 10.5 Å². The lowest BCUT2D eigenvalue weighted by molar-refractivity contribution is 0.415. The van der Waals surface area contributed by atoms with E-state index in [2.05, 4.69) is 5.10 Å². The van der Waals surface area contributed by atoms with Gasteiger partial charge in [0.25, 0.3) is 0 Å². The molecule has 1 heterocycles. The second-order valence-electron chi connectivity index (χ2n) is 3.95. The predicted octanol–water partition coefficient (Wildman–Crippen LogP) is 1.60. The third-order valence-corrected chi connectivity index (χ3v) is 2.66. The van der Waals surface area contributed by atoms with Gasteiger partial charge in [0.15, 0.2) is 0 Å². The van der Waals surface area contributed by atoms with Crippen molar-refractivity contribution in [2.24, 2.45) is 12.8 Å². The minimum absolute atomic E-state index is 0.628. The van der Waals surface area contributed by atoms with E-state index in [1.54, 1.807) is 7.11 Å². The Balaban J connectivity index is 2.43. The van der Waals surface area contributed by atoms with E-state index in [0.29, 0.717) is 6.54 Å². The molecule has 0 fully saturated rings. The lowest BCUT2D eigenvalue weighted by Crippen LogP contribution is -2.02. The Morgan fingerprint density at radius 3 is 2.94 bits per heavy atom. The van der Waals surface area contributed by atoms with Crippen molar-refractivity contribution >= 4 is 0 Å². The molecule has 4 nitrogen and oxygen atoms in total. The van der Waals surface area contributed by atoms with Gasteiger partial charge in [0.05, 0.1) is 12.8 Å². The number of benzene rings is 1. The smallest absolute Gasteiger partial charge is 0.119 e. The lowest BCUT2D eigenvalue weighted by atomic mass is 10.1. The van der Waals surface area contributed by atoms with Gasteiger partial charge in [0.2, 0.25) is 0 Å². The largest absolute Gasteiger partial charge is 0.497 e. The minimum Gasteiger partial charge on any atom is -0.497 e. The van der Waals surface area contributed by atoms with E-state index in [4.69, 9.17) is 10.5 Å². The highest BCUT2D eigenvalue weighted by molar-refractivity contribution is 5.64. The van der Waals surface area contributed by atoms with Gasteiger partial charge in [-0.15, -0.1) is 0 Å². The summed E-state index contributed by atoms with van der Waals surface area (Å²) in [5, 5.41) is 4.48. The summed E-state index contributed by atoms with van der Waals surface area (Å²) in [5.41, 5.74) is 8.83. The number of nitrogens with two attached hydrogens (primary N) is 1. The van der Waals surface area contributed by atoms with Crippen molar-refractivity contribution < 1.29 is 4.74 Å². The van der Waals surface area contributed by atoms with Crippen LogP contribution in [0.5, 0.6) is 5.75 Å². The van der Waals surface area contributed by atoms with Crippen LogP contribution in [0.3, 0.4) is 0 Å². The SMILES string of the molecule is COc1cccc(-c2nn(C)cc2CCN)c1. The monoisotopic (exact) mass is 231 g/mol. The van der Waals surface area contributed by atoms with Crippen molar-refractivity contribution in [2.45, 2.75) is 6.42 Å². The fourth-order valence-electron chi connectivity index (χ4n) is 1.89. The van der Waals surface area contributed by atoms with Gasteiger partial charge in [-0.1, -0.05) is 12.1 Å². The van der Waals surface area contributed by atoms with Crippen molar-refractivity contribution in [1.82, 2.24) is 9.78 Å². The predicted molar refractivity (Wildman–Crippen MR) is 68.0 cm³/mol. The second-order valence-corrected chi connectivity index (χ2v) is 3.95. The molecule has 2 N–H and O–H groups in total. The van der Waals surface area contributed by atoms with Gasteiger partial charge in [0.1, 0.15) is 5.75 Å². The van der Waals surface area contributed by atoms with E-state index in [1.807, 2.05) is 42.2 Å². The first-order chi connectivity index (χ1) is 8.24. The topological polar surface area (TPSA) is 53.1 Å². The van der Waals surface area contributed by atoms with Crippen molar-refractivity contribution in [1.29, 1.82) is 0 Å². The summed E-state index contributed by atoms with van der Waals surface area (Å²) in [7, 11) is 3.59. The van der Waals surface area contributed by atoms with Gasteiger partial charge in [0, 0.05) is 18.8 Å². The maximum Gasteiger partial charge on any atom is 0.119 e. The number of methoxy groups -OCH3 is 1. The second kappa shape index (κ2) is 5.01. The molecule has 0 unspecified atom stereocenters. The molecule has 17 heavy (non-hydrogen) atoms. The molecular weight excluding hydrogens is 214 g/mol. The van der Waals surface area contributed by atoms with Crippen LogP contribution in [0.4, 0.5) is 0 Å². The summed E-state index contributed by atoms with van der Waals surface area (Å²) in [4.78, 5) is 0. The molecule has 2 rings (SSSR count). The van der Waals surface area contributed by atoms with Crippen LogP contribution >= 0.6 is 0 Å². The quantitative estimate of drug-likeness (QED) is 0.869. The van der Waals surface area contributed by atoms with Crippen LogP contribution in [0.1, 0.15) is 5.56 Å². The average Bonchev–Trinajstić information content (AvgIpc) is 2.71. The average molecular weight is 231 g/mol. The fourth-order valence-corrected chi connectivity index (χ4v) is 1.89. The van der Waals surface area contributed by atoms with E-state index >= 15 is 0 Å². The highest BCUT2D eigenvalue weighted by Gasteiger charge is 2.09. The molecule has 0 aliphatic rings. The Bertz CT molecular complexity index is 505. The van der Waals surface area contributed by atoms with Gasteiger partial charge in [-0.3, -0.25) is 4.68 Å². The number of rotatable bonds is 4. The molecule has 0 saturated heterocycles. The van der Waals surface area contributed by atoms with Crippen LogP contribution < -0.4 is 10.5 Å². The molecule has 0 saturated carbocycles. The Hall–Kier alpha value is -1.81. The number of ether oxygens (including phenoxy) is 1. The van der Waals surface area contributed by atoms with E-state index in [-0.39, 0.29) is 0 Å². The Labute approximate surface area is 101 Å². The summed E-state index contributed by atoms with van der Waals surface area (Å²) >= 11 is 0. The minimum atomic E-state index is 0.628. The number of nitrogens with zero attached hydrogens (tertiary/aromatic N) is 2. The molecule has 4 heteroatoms. The highest BCUT2D eigenvalue weighted by atomic mass is 16.5. The normalized spacial score (nSPS) is 10.5. The standard InChI is InChI=1S/C13H17N3O/c1-16-9-11(6-7-14)13(15-16)10-4-3-5-12(8-10)17-2/h3-5,8-9H,6-7,14H2,1-2H3. The third-order valence-electron chi connectivity index (χ3n) is 2.66. The molecule has 0 radical (unpaired) electrons. The molecule has 0 atom stereocenters. The number of aromatic nitrogens is 2. The van der Waals surface area contributed by atoms with Crippen LogP contribution in [-0.4, -0.2) is 23.4 Å². The molecule has 0 aliphatic carbocycles. The summed E-state index contributed by atoms with van der Waals surface area (Å²) in [6.07, 6.45) is 2.85. The Morgan fingerprint density at radius 1 is 1.41 bits per heavy atom. The van der Waals surface area contributed by atoms with E-state index in [9.17, 15) is 0 Å². The zero-order valence-electron chi connectivity index (χ0n) is 10.2. The summed E-state index contributed by atoms with van der Waals surface area (Å²) in [6.45, 7) is 0.628. The van der Waals surface area contributed by atoms with Crippen molar-refractivity contribution in [2.75, 3.05) is 13.7 Å². The zero-order chi connectivity index (χ0) is 12.3. The summed E-state index contributed by atoms with van der Waals surface area (Å²) in [5.74, 6) is 0.840.